The maximum absolute atomic E-state index is 12.2. The van der Waals surface area contributed by atoms with Crippen LogP contribution in [0.2, 0.25) is 0 Å². The predicted octanol–water partition coefficient (Wildman–Crippen LogP) is 4.55. The van der Waals surface area contributed by atoms with E-state index in [1.807, 2.05) is 80.7 Å². The molecule has 3 nitrogen and oxygen atoms in total. The number of rotatable bonds is 4. The van der Waals surface area contributed by atoms with Crippen molar-refractivity contribution in [3.63, 3.8) is 0 Å². The van der Waals surface area contributed by atoms with Crippen LogP contribution in [0, 0.1) is 13.8 Å². The van der Waals surface area contributed by atoms with Gasteiger partial charge in [-0.1, -0.05) is 36.4 Å². The number of nitrogens with one attached hydrogen (secondary N) is 1. The van der Waals surface area contributed by atoms with Crippen molar-refractivity contribution in [3.05, 3.63) is 83.7 Å². The fourth-order valence-corrected chi connectivity index (χ4v) is 2.66. The van der Waals surface area contributed by atoms with Gasteiger partial charge in [-0.25, -0.2) is 0 Å². The van der Waals surface area contributed by atoms with Crippen LogP contribution in [-0.2, 0) is 11.2 Å². The van der Waals surface area contributed by atoms with Crippen molar-refractivity contribution in [3.8, 4) is 11.1 Å². The van der Waals surface area contributed by atoms with Crippen LogP contribution in [0.3, 0.4) is 0 Å². The third-order valence-corrected chi connectivity index (χ3v) is 4.01. The van der Waals surface area contributed by atoms with Gasteiger partial charge in [0.2, 0.25) is 5.91 Å². The number of nitrogens with zero attached hydrogens (tertiary/aromatic N) is 1. The Morgan fingerprint density at radius 2 is 1.71 bits per heavy atom. The Kier molecular flexibility index (Phi) is 4.71. The minimum Gasteiger partial charge on any atom is -0.326 e. The lowest BCUT2D eigenvalue weighted by Gasteiger charge is -2.08. The summed E-state index contributed by atoms with van der Waals surface area (Å²) < 4.78 is 0. The van der Waals surface area contributed by atoms with Gasteiger partial charge in [-0.05, 0) is 60.4 Å². The van der Waals surface area contributed by atoms with Crippen LogP contribution < -0.4 is 5.32 Å². The molecule has 1 amide bonds. The van der Waals surface area contributed by atoms with Gasteiger partial charge in [0.05, 0.1) is 6.42 Å². The Bertz CT molecular complexity index is 854. The van der Waals surface area contributed by atoms with E-state index in [1.165, 1.54) is 0 Å². The fraction of sp³-hybridized carbons (Fsp3) is 0.143. The molecule has 0 bridgehead atoms. The topological polar surface area (TPSA) is 42.0 Å². The Hall–Kier alpha value is -2.94. The van der Waals surface area contributed by atoms with Crippen LogP contribution >= 0.6 is 0 Å². The molecule has 0 aliphatic carbocycles. The first-order valence-corrected chi connectivity index (χ1v) is 7.99. The summed E-state index contributed by atoms with van der Waals surface area (Å²) in [5.74, 6) is -0.00296. The molecule has 3 rings (SSSR count). The summed E-state index contributed by atoms with van der Waals surface area (Å²) in [6, 6.07) is 19.9. The summed E-state index contributed by atoms with van der Waals surface area (Å²) in [4.78, 5) is 16.4. The Morgan fingerprint density at radius 3 is 2.42 bits per heavy atom. The van der Waals surface area contributed by atoms with Crippen LogP contribution in [-0.4, -0.2) is 10.9 Å². The molecule has 0 fully saturated rings. The summed E-state index contributed by atoms with van der Waals surface area (Å²) in [6.45, 7) is 4.00. The highest BCUT2D eigenvalue weighted by Gasteiger charge is 2.06. The highest BCUT2D eigenvalue weighted by Crippen LogP contribution is 2.21. The van der Waals surface area contributed by atoms with E-state index in [1.54, 1.807) is 0 Å². The first-order chi connectivity index (χ1) is 11.6. The van der Waals surface area contributed by atoms with Crippen LogP contribution in [0.25, 0.3) is 11.1 Å². The smallest absolute Gasteiger partial charge is 0.228 e. The zero-order valence-corrected chi connectivity index (χ0v) is 13.9. The Morgan fingerprint density at radius 1 is 0.958 bits per heavy atom. The quantitative estimate of drug-likeness (QED) is 0.767. The summed E-state index contributed by atoms with van der Waals surface area (Å²) in [5, 5.41) is 2.96. The van der Waals surface area contributed by atoms with Crippen LogP contribution in [0.4, 0.5) is 5.69 Å². The maximum Gasteiger partial charge on any atom is 0.228 e. The second kappa shape index (κ2) is 7.09. The molecule has 0 aliphatic rings. The number of carbonyl (C=O) groups is 1. The molecule has 3 heteroatoms. The molecular weight excluding hydrogens is 296 g/mol. The molecule has 3 aromatic rings. The molecule has 120 valence electrons. The highest BCUT2D eigenvalue weighted by molar-refractivity contribution is 5.92. The molecule has 0 saturated carbocycles. The Labute approximate surface area is 142 Å². The zero-order valence-electron chi connectivity index (χ0n) is 13.9. The van der Waals surface area contributed by atoms with Gasteiger partial charge >= 0.3 is 0 Å². The van der Waals surface area contributed by atoms with Crippen molar-refractivity contribution >= 4 is 11.6 Å². The number of benzene rings is 2. The Balaban J connectivity index is 1.68. The predicted molar refractivity (Wildman–Crippen MR) is 97.9 cm³/mol. The van der Waals surface area contributed by atoms with Gasteiger partial charge in [-0.15, -0.1) is 0 Å². The average Bonchev–Trinajstić information content (AvgIpc) is 2.58. The standard InChI is InChI=1S/C21H20N2O/c1-15-5-3-4-6-18(15)14-21(24)23-20-9-7-17(8-10-20)19-11-12-22-16(2)13-19/h3-13H,14H2,1-2H3,(H,23,24). The van der Waals surface area contributed by atoms with E-state index in [9.17, 15) is 4.79 Å². The van der Waals surface area contributed by atoms with E-state index in [-0.39, 0.29) is 5.91 Å². The van der Waals surface area contributed by atoms with Crippen LogP contribution in [0.5, 0.6) is 0 Å². The molecule has 0 aliphatic heterocycles. The molecule has 0 unspecified atom stereocenters. The van der Waals surface area contributed by atoms with E-state index >= 15 is 0 Å². The van der Waals surface area contributed by atoms with Gasteiger partial charge < -0.3 is 5.32 Å². The summed E-state index contributed by atoms with van der Waals surface area (Å²) in [6.07, 6.45) is 2.19. The minimum atomic E-state index is -0.00296. The molecule has 24 heavy (non-hydrogen) atoms. The molecule has 2 aromatic carbocycles. The summed E-state index contributed by atoms with van der Waals surface area (Å²) >= 11 is 0. The van der Waals surface area contributed by atoms with E-state index in [0.717, 1.165) is 33.6 Å². The molecule has 1 aromatic heterocycles. The van der Waals surface area contributed by atoms with Crippen LogP contribution in [0.15, 0.2) is 66.9 Å². The SMILES string of the molecule is Cc1cc(-c2ccc(NC(=O)Cc3ccccc3C)cc2)ccn1. The van der Waals surface area contributed by atoms with Crippen molar-refractivity contribution in [1.29, 1.82) is 0 Å². The van der Waals surface area contributed by atoms with Crippen molar-refractivity contribution in [2.45, 2.75) is 20.3 Å². The zero-order chi connectivity index (χ0) is 16.9. The van der Waals surface area contributed by atoms with Crippen molar-refractivity contribution < 1.29 is 4.79 Å². The third-order valence-electron chi connectivity index (χ3n) is 4.01. The lowest BCUT2D eigenvalue weighted by atomic mass is 10.0. The largest absolute Gasteiger partial charge is 0.326 e. The molecule has 0 radical (unpaired) electrons. The first-order valence-electron chi connectivity index (χ1n) is 7.99. The van der Waals surface area contributed by atoms with E-state index in [0.29, 0.717) is 6.42 Å². The number of hydrogen-bond donors (Lipinski definition) is 1. The monoisotopic (exact) mass is 316 g/mol. The number of aryl methyl sites for hydroxylation is 2. The third kappa shape index (κ3) is 3.87. The van der Waals surface area contributed by atoms with Crippen molar-refractivity contribution in [1.82, 2.24) is 4.98 Å². The highest BCUT2D eigenvalue weighted by atomic mass is 16.1. The number of carbonyl (C=O) groups excluding carboxylic acids is 1. The first kappa shape index (κ1) is 15.9. The average molecular weight is 316 g/mol. The molecule has 1 heterocycles. The fourth-order valence-electron chi connectivity index (χ4n) is 2.66. The molecule has 0 spiro atoms. The van der Waals surface area contributed by atoms with Gasteiger partial charge in [0, 0.05) is 17.6 Å². The maximum atomic E-state index is 12.2. The van der Waals surface area contributed by atoms with Gasteiger partial charge in [0.1, 0.15) is 0 Å². The van der Waals surface area contributed by atoms with Gasteiger partial charge in [-0.3, -0.25) is 9.78 Å². The number of pyridine rings is 1. The normalized spacial score (nSPS) is 10.4. The van der Waals surface area contributed by atoms with E-state index in [2.05, 4.69) is 10.3 Å². The van der Waals surface area contributed by atoms with Crippen LogP contribution in [0.1, 0.15) is 16.8 Å². The van der Waals surface area contributed by atoms with E-state index in [4.69, 9.17) is 0 Å². The van der Waals surface area contributed by atoms with E-state index < -0.39 is 0 Å². The molecular formula is C21H20N2O. The van der Waals surface area contributed by atoms with Gasteiger partial charge in [0.25, 0.3) is 0 Å². The number of aromatic nitrogens is 1. The van der Waals surface area contributed by atoms with Gasteiger partial charge in [-0.2, -0.15) is 0 Å². The molecule has 1 N–H and O–H groups in total. The number of anilines is 1. The lowest BCUT2D eigenvalue weighted by Crippen LogP contribution is -2.14. The summed E-state index contributed by atoms with van der Waals surface area (Å²) in [5.41, 5.74) is 6.22. The van der Waals surface area contributed by atoms with Gasteiger partial charge in [0.15, 0.2) is 0 Å². The molecule has 0 saturated heterocycles. The van der Waals surface area contributed by atoms with Crippen molar-refractivity contribution in [2.24, 2.45) is 0 Å². The number of amides is 1. The van der Waals surface area contributed by atoms with Crippen molar-refractivity contribution in [2.75, 3.05) is 5.32 Å². The second-order valence-electron chi connectivity index (χ2n) is 5.91. The molecule has 0 atom stereocenters. The second-order valence-corrected chi connectivity index (χ2v) is 5.91. The summed E-state index contributed by atoms with van der Waals surface area (Å²) in [7, 11) is 0. The lowest BCUT2D eigenvalue weighted by molar-refractivity contribution is -0.115. The number of hydrogen-bond acceptors (Lipinski definition) is 2. The minimum absolute atomic E-state index is 0.00296.